The van der Waals surface area contributed by atoms with Gasteiger partial charge in [0.2, 0.25) is 5.91 Å². The highest BCUT2D eigenvalue weighted by molar-refractivity contribution is 7.86. The first-order valence-corrected chi connectivity index (χ1v) is 7.30. The Morgan fingerprint density at radius 2 is 2.17 bits per heavy atom. The highest BCUT2D eigenvalue weighted by Crippen LogP contribution is 2.25. The van der Waals surface area contributed by atoms with Crippen molar-refractivity contribution in [3.63, 3.8) is 0 Å². The maximum absolute atomic E-state index is 12.0. The monoisotopic (exact) mass is 288 g/mol. The number of nitrogen functional groups attached to an aromatic ring is 1. The van der Waals surface area contributed by atoms with Crippen LogP contribution in [0.4, 0.5) is 5.69 Å². The number of anilines is 1. The highest BCUT2D eigenvalue weighted by Gasteiger charge is 2.15. The largest absolute Gasteiger partial charge is 0.398 e. The van der Waals surface area contributed by atoms with Gasteiger partial charge in [0.05, 0.1) is 20.7 Å². The molecule has 1 rings (SSSR count). The van der Waals surface area contributed by atoms with Crippen molar-refractivity contribution >= 4 is 34.0 Å². The number of rotatable bonds is 5. The normalized spacial score (nSPS) is 12.4. The summed E-state index contributed by atoms with van der Waals surface area (Å²) in [5.41, 5.74) is 6.06. The van der Waals surface area contributed by atoms with E-state index in [-0.39, 0.29) is 11.7 Å². The van der Waals surface area contributed by atoms with Gasteiger partial charge in [-0.1, -0.05) is 31.5 Å². The van der Waals surface area contributed by atoms with Gasteiger partial charge in [0.25, 0.3) is 0 Å². The van der Waals surface area contributed by atoms with Crippen molar-refractivity contribution in [2.45, 2.75) is 18.7 Å². The molecular formula is C12H17ClN2O2S. The first kappa shape index (κ1) is 15.0. The van der Waals surface area contributed by atoms with E-state index in [9.17, 15) is 9.00 Å². The van der Waals surface area contributed by atoms with E-state index >= 15 is 0 Å². The Morgan fingerprint density at radius 1 is 1.50 bits per heavy atom. The van der Waals surface area contributed by atoms with Gasteiger partial charge in [-0.05, 0) is 18.1 Å². The van der Waals surface area contributed by atoms with Crippen molar-refractivity contribution in [2.24, 2.45) is 5.92 Å². The Kier molecular flexibility index (Phi) is 5.62. The zero-order chi connectivity index (χ0) is 13.7. The van der Waals surface area contributed by atoms with E-state index in [0.717, 1.165) is 0 Å². The molecule has 1 aromatic rings. The maximum atomic E-state index is 12.0. The van der Waals surface area contributed by atoms with Crippen molar-refractivity contribution in [1.82, 2.24) is 5.32 Å². The van der Waals surface area contributed by atoms with Gasteiger partial charge < -0.3 is 11.1 Å². The van der Waals surface area contributed by atoms with Crippen molar-refractivity contribution in [3.05, 3.63) is 23.2 Å². The van der Waals surface area contributed by atoms with E-state index in [1.165, 1.54) is 0 Å². The van der Waals surface area contributed by atoms with Gasteiger partial charge in [0.15, 0.2) is 0 Å². The molecule has 3 N–H and O–H groups in total. The average Bonchev–Trinajstić information content (AvgIpc) is 2.26. The molecule has 0 aromatic heterocycles. The molecule has 0 heterocycles. The van der Waals surface area contributed by atoms with E-state index in [1.54, 1.807) is 18.2 Å². The molecule has 1 unspecified atom stereocenters. The van der Waals surface area contributed by atoms with Crippen LogP contribution in [0.15, 0.2) is 23.1 Å². The molecule has 4 nitrogen and oxygen atoms in total. The molecule has 0 spiro atoms. The Hall–Kier alpha value is -1.07. The zero-order valence-corrected chi connectivity index (χ0v) is 12.0. The standard InChI is InChI=1S/C12H17ClN2O2S/c1-8(2)6-15-11(16)7-18(17)12-9(13)4-3-5-10(12)14/h3-5,8H,6-7,14H2,1-2H3,(H,15,16). The van der Waals surface area contributed by atoms with E-state index in [4.69, 9.17) is 17.3 Å². The van der Waals surface area contributed by atoms with Crippen LogP contribution in [0.1, 0.15) is 13.8 Å². The average molecular weight is 289 g/mol. The summed E-state index contributed by atoms with van der Waals surface area (Å²) < 4.78 is 12.0. The molecule has 1 amide bonds. The molecule has 0 saturated heterocycles. The van der Waals surface area contributed by atoms with Crippen LogP contribution < -0.4 is 11.1 Å². The number of amides is 1. The van der Waals surface area contributed by atoms with Crippen molar-refractivity contribution in [3.8, 4) is 0 Å². The van der Waals surface area contributed by atoms with E-state index in [0.29, 0.717) is 28.1 Å². The molecule has 18 heavy (non-hydrogen) atoms. The molecule has 0 aliphatic carbocycles. The van der Waals surface area contributed by atoms with Crippen LogP contribution in [0, 0.1) is 5.92 Å². The van der Waals surface area contributed by atoms with Crippen LogP contribution in [0.5, 0.6) is 0 Å². The third-order valence-electron chi connectivity index (χ3n) is 2.19. The lowest BCUT2D eigenvalue weighted by Crippen LogP contribution is -2.31. The Bertz CT molecular complexity index is 443. The summed E-state index contributed by atoms with van der Waals surface area (Å²) in [4.78, 5) is 11.9. The number of halogens is 1. The van der Waals surface area contributed by atoms with Crippen molar-refractivity contribution in [1.29, 1.82) is 0 Å². The number of carbonyl (C=O) groups is 1. The van der Waals surface area contributed by atoms with Crippen LogP contribution >= 0.6 is 11.6 Å². The molecule has 1 aromatic carbocycles. The lowest BCUT2D eigenvalue weighted by Gasteiger charge is -2.09. The number of hydrogen-bond donors (Lipinski definition) is 2. The minimum atomic E-state index is -1.52. The molecule has 6 heteroatoms. The summed E-state index contributed by atoms with van der Waals surface area (Å²) in [5.74, 6) is -0.0326. The number of nitrogens with two attached hydrogens (primary N) is 1. The second kappa shape index (κ2) is 6.75. The molecule has 1 atom stereocenters. The fraction of sp³-hybridized carbons (Fsp3) is 0.417. The van der Waals surface area contributed by atoms with Gasteiger partial charge in [0.1, 0.15) is 5.75 Å². The minimum absolute atomic E-state index is 0.124. The van der Waals surface area contributed by atoms with E-state index in [1.807, 2.05) is 13.8 Å². The fourth-order valence-electron chi connectivity index (χ4n) is 1.33. The molecule has 0 radical (unpaired) electrons. The molecular weight excluding hydrogens is 272 g/mol. The molecule has 0 saturated carbocycles. The topological polar surface area (TPSA) is 72.2 Å². The highest BCUT2D eigenvalue weighted by atomic mass is 35.5. The smallest absolute Gasteiger partial charge is 0.233 e. The van der Waals surface area contributed by atoms with Gasteiger partial charge in [-0.15, -0.1) is 0 Å². The first-order chi connectivity index (χ1) is 8.41. The summed E-state index contributed by atoms with van der Waals surface area (Å²) in [6.07, 6.45) is 0. The quantitative estimate of drug-likeness (QED) is 0.812. The van der Waals surface area contributed by atoms with Crippen molar-refractivity contribution in [2.75, 3.05) is 18.0 Å². The summed E-state index contributed by atoms with van der Waals surface area (Å²) in [6, 6.07) is 4.90. The second-order valence-corrected chi connectivity index (χ2v) is 6.14. The summed E-state index contributed by atoms with van der Waals surface area (Å²) >= 11 is 5.93. The number of nitrogens with one attached hydrogen (secondary N) is 1. The fourth-order valence-corrected chi connectivity index (χ4v) is 2.87. The van der Waals surface area contributed by atoms with Gasteiger partial charge in [-0.2, -0.15) is 0 Å². The molecule has 0 aliphatic heterocycles. The third-order valence-corrected chi connectivity index (χ3v) is 4.06. The van der Waals surface area contributed by atoms with E-state index < -0.39 is 10.8 Å². The van der Waals surface area contributed by atoms with Gasteiger partial charge in [-0.25, -0.2) is 0 Å². The van der Waals surface area contributed by atoms with Gasteiger partial charge in [-0.3, -0.25) is 9.00 Å². The van der Waals surface area contributed by atoms with Gasteiger partial charge in [0, 0.05) is 12.2 Å². The van der Waals surface area contributed by atoms with Crippen molar-refractivity contribution < 1.29 is 9.00 Å². The number of hydrogen-bond acceptors (Lipinski definition) is 3. The Balaban J connectivity index is 2.68. The number of benzene rings is 1. The van der Waals surface area contributed by atoms with Crippen LogP contribution in [0.25, 0.3) is 0 Å². The van der Waals surface area contributed by atoms with Crippen LogP contribution in [-0.2, 0) is 15.6 Å². The third kappa shape index (κ3) is 4.31. The van der Waals surface area contributed by atoms with Gasteiger partial charge >= 0.3 is 0 Å². The maximum Gasteiger partial charge on any atom is 0.233 e. The minimum Gasteiger partial charge on any atom is -0.398 e. The van der Waals surface area contributed by atoms with Crippen LogP contribution in [0.2, 0.25) is 5.02 Å². The number of carbonyl (C=O) groups excluding carboxylic acids is 1. The molecule has 100 valence electrons. The Labute approximate surface area is 114 Å². The Morgan fingerprint density at radius 3 is 2.72 bits per heavy atom. The summed E-state index contributed by atoms with van der Waals surface area (Å²) in [6.45, 7) is 4.54. The lowest BCUT2D eigenvalue weighted by molar-refractivity contribution is -0.118. The zero-order valence-electron chi connectivity index (χ0n) is 10.4. The van der Waals surface area contributed by atoms with E-state index in [2.05, 4.69) is 5.32 Å². The first-order valence-electron chi connectivity index (χ1n) is 5.61. The molecule has 0 fully saturated rings. The predicted molar refractivity (Wildman–Crippen MR) is 75.0 cm³/mol. The molecule has 0 aliphatic rings. The second-order valence-electron chi connectivity index (χ2n) is 4.35. The molecule has 0 bridgehead atoms. The lowest BCUT2D eigenvalue weighted by atomic mass is 10.2. The predicted octanol–water partition coefficient (Wildman–Crippen LogP) is 1.80. The van der Waals surface area contributed by atoms with Crippen LogP contribution in [-0.4, -0.2) is 22.4 Å². The van der Waals surface area contributed by atoms with Crippen LogP contribution in [0.3, 0.4) is 0 Å². The summed E-state index contributed by atoms with van der Waals surface area (Å²) in [7, 11) is -1.52. The summed E-state index contributed by atoms with van der Waals surface area (Å²) in [5, 5.41) is 3.03. The SMILES string of the molecule is CC(C)CNC(=O)CS(=O)c1c(N)cccc1Cl.